The third-order valence-corrected chi connectivity index (χ3v) is 5.97. The Morgan fingerprint density at radius 3 is 0.946 bits per heavy atom. The monoisotopic (exact) mass is 552 g/mol. The molecule has 1 N–H and O–H groups in total. The smallest absolute Gasteiger partial charge is 0.295 e. The van der Waals surface area contributed by atoms with Gasteiger partial charge in [0.2, 0.25) is 0 Å². The molecule has 12 nitrogen and oxygen atoms in total. The second-order valence-corrected chi connectivity index (χ2v) is 9.13. The Labute approximate surface area is 219 Å². The highest BCUT2D eigenvalue weighted by atomic mass is 32.2. The molecular formula is C24H40O12S. The molecule has 1 heterocycles. The molecule has 0 aliphatic carbocycles. The summed E-state index contributed by atoms with van der Waals surface area (Å²) in [5.74, 6) is 0. The zero-order valence-electron chi connectivity index (χ0n) is 21.3. The van der Waals surface area contributed by atoms with Gasteiger partial charge in [0.1, 0.15) is 4.90 Å². The summed E-state index contributed by atoms with van der Waals surface area (Å²) in [7, 11) is -4.47. The largest absolute Gasteiger partial charge is 0.377 e. The molecule has 0 saturated carbocycles. The fourth-order valence-electron chi connectivity index (χ4n) is 3.22. The molecular weight excluding hydrogens is 512 g/mol. The maximum Gasteiger partial charge on any atom is 0.295 e. The number of ether oxygens (including phenoxy) is 9. The van der Waals surface area contributed by atoms with Crippen LogP contribution in [0.1, 0.15) is 11.1 Å². The second-order valence-electron chi connectivity index (χ2n) is 7.77. The SMILES string of the molecule is O=S(=O)(O)c1c2cccc1COCCOCCOCCOCCOCCOCCOCCOCCOC2. The third kappa shape index (κ3) is 15.7. The van der Waals surface area contributed by atoms with Gasteiger partial charge in [0.05, 0.1) is 119 Å². The molecule has 214 valence electrons. The molecule has 0 fully saturated rings. The maximum absolute atomic E-state index is 12.0. The van der Waals surface area contributed by atoms with E-state index in [9.17, 15) is 13.0 Å². The summed E-state index contributed by atoms with van der Waals surface area (Å²) < 4.78 is 83.0. The lowest BCUT2D eigenvalue weighted by molar-refractivity contribution is -0.0260. The van der Waals surface area contributed by atoms with Crippen molar-refractivity contribution in [1.82, 2.24) is 0 Å². The van der Waals surface area contributed by atoms with Crippen LogP contribution in [0.2, 0.25) is 0 Å². The first kappa shape index (κ1) is 32.0. The first-order chi connectivity index (χ1) is 18.1. The number of hydrogen-bond donors (Lipinski definition) is 1. The van der Waals surface area contributed by atoms with E-state index in [1.54, 1.807) is 18.2 Å². The van der Waals surface area contributed by atoms with Crippen LogP contribution in [0, 0.1) is 0 Å². The highest BCUT2D eigenvalue weighted by Gasteiger charge is 2.20. The van der Waals surface area contributed by atoms with Crippen molar-refractivity contribution >= 4 is 10.1 Å². The van der Waals surface area contributed by atoms with Gasteiger partial charge < -0.3 is 42.6 Å². The predicted octanol–water partition coefficient (Wildman–Crippen LogP) is 1.10. The zero-order valence-corrected chi connectivity index (χ0v) is 22.1. The van der Waals surface area contributed by atoms with Gasteiger partial charge in [0.25, 0.3) is 10.1 Å². The molecule has 0 spiro atoms. The van der Waals surface area contributed by atoms with Crippen LogP contribution in [0.5, 0.6) is 0 Å². The van der Waals surface area contributed by atoms with Crippen molar-refractivity contribution in [3.63, 3.8) is 0 Å². The van der Waals surface area contributed by atoms with Gasteiger partial charge in [-0.15, -0.1) is 0 Å². The van der Waals surface area contributed by atoms with E-state index in [-0.39, 0.29) is 31.3 Å². The van der Waals surface area contributed by atoms with Crippen molar-refractivity contribution < 1.29 is 55.6 Å². The van der Waals surface area contributed by atoms with Gasteiger partial charge in [-0.2, -0.15) is 8.42 Å². The summed E-state index contributed by atoms with van der Waals surface area (Å²) in [4.78, 5) is -0.200. The summed E-state index contributed by atoms with van der Waals surface area (Å²) in [5, 5.41) is 0. The Morgan fingerprint density at radius 1 is 0.459 bits per heavy atom. The first-order valence-electron chi connectivity index (χ1n) is 12.4. The van der Waals surface area contributed by atoms with Crippen molar-refractivity contribution in [2.45, 2.75) is 18.1 Å². The minimum atomic E-state index is -4.47. The number of benzene rings is 1. The Balaban J connectivity index is 1.79. The fourth-order valence-corrected chi connectivity index (χ4v) is 4.13. The van der Waals surface area contributed by atoms with Crippen molar-refractivity contribution in [2.24, 2.45) is 0 Å². The second kappa shape index (κ2) is 20.7. The van der Waals surface area contributed by atoms with E-state index in [1.807, 2.05) is 0 Å². The molecule has 37 heavy (non-hydrogen) atoms. The Hall–Kier alpha value is -1.23. The van der Waals surface area contributed by atoms with Crippen molar-refractivity contribution in [3.05, 3.63) is 29.3 Å². The maximum atomic E-state index is 12.0. The van der Waals surface area contributed by atoms with Crippen LogP contribution in [0.15, 0.2) is 23.1 Å². The molecule has 0 aromatic heterocycles. The van der Waals surface area contributed by atoms with E-state index in [1.165, 1.54) is 0 Å². The van der Waals surface area contributed by atoms with Crippen LogP contribution in [0.3, 0.4) is 0 Å². The molecule has 1 aliphatic heterocycles. The topological polar surface area (TPSA) is 137 Å². The number of fused-ring (bicyclic) bond motifs is 2. The van der Waals surface area contributed by atoms with E-state index < -0.39 is 10.1 Å². The van der Waals surface area contributed by atoms with Crippen LogP contribution in [-0.2, 0) is 66.0 Å². The molecule has 2 bridgehead atoms. The van der Waals surface area contributed by atoms with E-state index >= 15 is 0 Å². The van der Waals surface area contributed by atoms with Crippen molar-refractivity contribution in [1.29, 1.82) is 0 Å². The molecule has 0 atom stereocenters. The van der Waals surface area contributed by atoms with Gasteiger partial charge in [0, 0.05) is 0 Å². The predicted molar refractivity (Wildman–Crippen MR) is 131 cm³/mol. The Morgan fingerprint density at radius 2 is 0.703 bits per heavy atom. The summed E-state index contributed by atoms with van der Waals surface area (Å²) in [5.41, 5.74) is 0.684. The van der Waals surface area contributed by atoms with Gasteiger partial charge in [-0.1, -0.05) is 18.2 Å². The average molecular weight is 553 g/mol. The Bertz CT molecular complexity index is 759. The van der Waals surface area contributed by atoms with Gasteiger partial charge >= 0.3 is 0 Å². The lowest BCUT2D eigenvalue weighted by atomic mass is 10.1. The average Bonchev–Trinajstić information content (AvgIpc) is 2.87. The molecule has 0 radical (unpaired) electrons. The van der Waals surface area contributed by atoms with E-state index in [0.717, 1.165) is 0 Å². The lowest BCUT2D eigenvalue weighted by Gasteiger charge is -2.14. The minimum absolute atomic E-state index is 0.00196. The molecule has 2 rings (SSSR count). The van der Waals surface area contributed by atoms with Gasteiger partial charge in [-0.3, -0.25) is 4.55 Å². The molecule has 1 aliphatic rings. The molecule has 1 aromatic rings. The lowest BCUT2D eigenvalue weighted by Crippen LogP contribution is -2.15. The number of rotatable bonds is 1. The molecule has 0 saturated heterocycles. The summed E-state index contributed by atoms with van der Waals surface area (Å²) in [6.07, 6.45) is 0. The molecule has 0 amide bonds. The van der Waals surface area contributed by atoms with Gasteiger partial charge in [-0.05, 0) is 11.1 Å². The standard InChI is InChI=1S/C24H40O12S/c25-37(26,27)24-22-2-1-3-23(24)21-36-19-17-34-15-13-32-11-9-30-7-5-28-4-6-29-8-10-31-12-14-33-16-18-35-20-22/h1-3H,4-21H2,(H,25,26,27). The van der Waals surface area contributed by atoms with Crippen LogP contribution in [-0.4, -0.2) is 119 Å². The molecule has 13 heteroatoms. The van der Waals surface area contributed by atoms with Crippen LogP contribution in [0.25, 0.3) is 0 Å². The third-order valence-electron chi connectivity index (χ3n) is 4.93. The molecule has 0 unspecified atom stereocenters. The highest BCUT2D eigenvalue weighted by Crippen LogP contribution is 2.22. The van der Waals surface area contributed by atoms with Gasteiger partial charge in [0.15, 0.2) is 0 Å². The highest BCUT2D eigenvalue weighted by molar-refractivity contribution is 7.86. The van der Waals surface area contributed by atoms with Gasteiger partial charge in [-0.25, -0.2) is 0 Å². The fraction of sp³-hybridized carbons (Fsp3) is 0.750. The molecule has 1 aromatic carbocycles. The van der Waals surface area contributed by atoms with Crippen LogP contribution in [0.4, 0.5) is 0 Å². The van der Waals surface area contributed by atoms with E-state index in [2.05, 4.69) is 0 Å². The van der Waals surface area contributed by atoms with E-state index in [0.29, 0.717) is 104 Å². The first-order valence-corrected chi connectivity index (χ1v) is 13.8. The number of hydrogen-bond acceptors (Lipinski definition) is 11. The van der Waals surface area contributed by atoms with Crippen LogP contribution >= 0.6 is 0 Å². The minimum Gasteiger partial charge on any atom is -0.377 e. The summed E-state index contributed by atoms with van der Waals surface area (Å²) >= 11 is 0. The van der Waals surface area contributed by atoms with Crippen molar-refractivity contribution in [2.75, 3.05) is 106 Å². The van der Waals surface area contributed by atoms with Crippen molar-refractivity contribution in [3.8, 4) is 0 Å². The Kier molecular flexibility index (Phi) is 17.9. The summed E-state index contributed by atoms with van der Waals surface area (Å²) in [6.45, 7) is 6.51. The summed E-state index contributed by atoms with van der Waals surface area (Å²) in [6, 6.07) is 4.87. The quantitative estimate of drug-likeness (QED) is 0.499. The zero-order chi connectivity index (χ0) is 26.4. The normalized spacial score (nSPS) is 21.1. The van der Waals surface area contributed by atoms with Crippen LogP contribution < -0.4 is 0 Å². The van der Waals surface area contributed by atoms with E-state index in [4.69, 9.17) is 42.6 Å².